The predicted molar refractivity (Wildman–Crippen MR) is 76.6 cm³/mol. The molecule has 22 heavy (non-hydrogen) atoms. The first-order chi connectivity index (χ1) is 10.4. The lowest BCUT2D eigenvalue weighted by molar-refractivity contribution is -0.137. The Morgan fingerprint density at radius 2 is 1.86 bits per heavy atom. The minimum Gasteiger partial charge on any atom is -0.508 e. The lowest BCUT2D eigenvalue weighted by Crippen LogP contribution is -2.10. The number of hydrazone groups is 1. The zero-order valence-corrected chi connectivity index (χ0v) is 11.4. The maximum atomic E-state index is 12.8. The van der Waals surface area contributed by atoms with Crippen LogP contribution in [0.5, 0.6) is 5.75 Å². The molecular formula is C16H13F3N2O. The first-order valence-electron chi connectivity index (χ1n) is 6.73. The summed E-state index contributed by atoms with van der Waals surface area (Å²) < 4.78 is 38.3. The molecule has 0 bridgehead atoms. The van der Waals surface area contributed by atoms with E-state index in [1.54, 1.807) is 30.3 Å². The summed E-state index contributed by atoms with van der Waals surface area (Å²) in [5.41, 5.74) is 3.82. The second-order valence-electron chi connectivity index (χ2n) is 5.08. The molecule has 2 aromatic rings. The Morgan fingerprint density at radius 3 is 2.59 bits per heavy atom. The quantitative estimate of drug-likeness (QED) is 0.885. The first-order valence-corrected chi connectivity index (χ1v) is 6.73. The van der Waals surface area contributed by atoms with Crippen molar-refractivity contribution in [3.8, 4) is 5.75 Å². The highest BCUT2D eigenvalue weighted by molar-refractivity contribution is 6.02. The van der Waals surface area contributed by atoms with Gasteiger partial charge >= 0.3 is 6.18 Å². The molecule has 0 aromatic heterocycles. The number of halogens is 3. The van der Waals surface area contributed by atoms with Gasteiger partial charge in [-0.05, 0) is 23.8 Å². The van der Waals surface area contributed by atoms with Crippen molar-refractivity contribution in [1.29, 1.82) is 0 Å². The van der Waals surface area contributed by atoms with Gasteiger partial charge in [-0.1, -0.05) is 30.3 Å². The summed E-state index contributed by atoms with van der Waals surface area (Å²) in [6, 6.07) is 11.7. The minimum absolute atomic E-state index is 0.139. The highest BCUT2D eigenvalue weighted by atomic mass is 19.4. The molecule has 0 fully saturated rings. The van der Waals surface area contributed by atoms with Crippen molar-refractivity contribution >= 4 is 5.71 Å². The van der Waals surface area contributed by atoms with Gasteiger partial charge in [0.25, 0.3) is 0 Å². The third kappa shape index (κ3) is 2.77. The number of hydrogen-bond donors (Lipinski definition) is 2. The first kappa shape index (κ1) is 14.4. The number of para-hydroxylation sites is 1. The van der Waals surface area contributed by atoms with Crippen LogP contribution in [0.15, 0.2) is 53.6 Å². The molecule has 2 N–H and O–H groups in total. The van der Waals surface area contributed by atoms with Crippen LogP contribution in [0, 0.1) is 0 Å². The van der Waals surface area contributed by atoms with Crippen LogP contribution in [-0.2, 0) is 6.18 Å². The van der Waals surface area contributed by atoms with E-state index in [0.29, 0.717) is 23.3 Å². The van der Waals surface area contributed by atoms with Gasteiger partial charge in [0.1, 0.15) is 5.75 Å². The molecule has 1 heterocycles. The molecule has 0 amide bonds. The van der Waals surface area contributed by atoms with Gasteiger partial charge in [-0.15, -0.1) is 0 Å². The van der Waals surface area contributed by atoms with E-state index in [0.717, 1.165) is 12.1 Å². The molecule has 6 heteroatoms. The van der Waals surface area contributed by atoms with Crippen LogP contribution in [0.3, 0.4) is 0 Å². The van der Waals surface area contributed by atoms with Crippen LogP contribution < -0.4 is 5.43 Å². The second-order valence-corrected chi connectivity index (χ2v) is 5.08. The summed E-state index contributed by atoms with van der Waals surface area (Å²) in [7, 11) is 0. The van der Waals surface area contributed by atoms with E-state index >= 15 is 0 Å². The van der Waals surface area contributed by atoms with Crippen molar-refractivity contribution in [2.45, 2.75) is 18.6 Å². The molecule has 3 rings (SSSR count). The average Bonchev–Trinajstić information content (AvgIpc) is 2.97. The number of nitrogens with one attached hydrogen (secondary N) is 1. The standard InChI is InChI=1S/C16H13F3N2O/c17-16(18,19)11-5-3-4-10(8-11)13-9-14(21-20-13)12-6-1-2-7-15(12)22/h1-8,14,21-22H,9H2. The Hall–Kier alpha value is -2.50. The zero-order valence-electron chi connectivity index (χ0n) is 11.4. The maximum absolute atomic E-state index is 12.8. The van der Waals surface area contributed by atoms with E-state index < -0.39 is 11.7 Å². The number of phenolic OH excluding ortho intramolecular Hbond substituents is 1. The Labute approximate surface area is 125 Å². The molecule has 2 aromatic carbocycles. The number of phenols is 1. The Balaban J connectivity index is 1.83. The Bertz CT molecular complexity index is 725. The molecule has 0 aliphatic carbocycles. The molecule has 0 saturated heterocycles. The number of alkyl halides is 3. The summed E-state index contributed by atoms with van der Waals surface area (Å²) in [5, 5.41) is 14.0. The largest absolute Gasteiger partial charge is 0.508 e. The summed E-state index contributed by atoms with van der Waals surface area (Å²) in [4.78, 5) is 0. The lowest BCUT2D eigenvalue weighted by Gasteiger charge is -2.12. The number of hydrogen-bond acceptors (Lipinski definition) is 3. The van der Waals surface area contributed by atoms with Crippen LogP contribution >= 0.6 is 0 Å². The van der Waals surface area contributed by atoms with Crippen LogP contribution in [0.25, 0.3) is 0 Å². The topological polar surface area (TPSA) is 44.6 Å². The second kappa shape index (κ2) is 5.36. The van der Waals surface area contributed by atoms with E-state index in [1.165, 1.54) is 6.07 Å². The molecule has 1 aliphatic rings. The SMILES string of the molecule is Oc1ccccc1C1CC(c2cccc(C(F)(F)F)c2)=NN1. The molecule has 0 radical (unpaired) electrons. The fourth-order valence-corrected chi connectivity index (χ4v) is 2.46. The third-order valence-corrected chi connectivity index (χ3v) is 3.59. The number of nitrogens with zero attached hydrogens (tertiary/aromatic N) is 1. The number of aromatic hydroxyl groups is 1. The molecular weight excluding hydrogens is 293 g/mol. The Kier molecular flexibility index (Phi) is 3.52. The maximum Gasteiger partial charge on any atom is 0.416 e. The molecule has 1 atom stereocenters. The van der Waals surface area contributed by atoms with Crippen molar-refractivity contribution in [2.75, 3.05) is 0 Å². The fraction of sp³-hybridized carbons (Fsp3) is 0.188. The molecule has 0 spiro atoms. The summed E-state index contributed by atoms with van der Waals surface area (Å²) >= 11 is 0. The summed E-state index contributed by atoms with van der Waals surface area (Å²) in [6.07, 6.45) is -3.96. The molecule has 114 valence electrons. The van der Waals surface area contributed by atoms with Gasteiger partial charge in [-0.2, -0.15) is 18.3 Å². The van der Waals surface area contributed by atoms with Crippen molar-refractivity contribution < 1.29 is 18.3 Å². The minimum atomic E-state index is -4.38. The average molecular weight is 306 g/mol. The smallest absolute Gasteiger partial charge is 0.416 e. The van der Waals surface area contributed by atoms with Gasteiger partial charge in [-0.3, -0.25) is 0 Å². The van der Waals surface area contributed by atoms with Crippen molar-refractivity contribution in [3.63, 3.8) is 0 Å². The summed E-state index contributed by atoms with van der Waals surface area (Å²) in [5.74, 6) is 0.139. The van der Waals surface area contributed by atoms with Crippen LogP contribution in [-0.4, -0.2) is 10.8 Å². The van der Waals surface area contributed by atoms with E-state index in [2.05, 4.69) is 10.5 Å². The van der Waals surface area contributed by atoms with Crippen LogP contribution in [0.4, 0.5) is 13.2 Å². The van der Waals surface area contributed by atoms with Gasteiger partial charge < -0.3 is 10.5 Å². The van der Waals surface area contributed by atoms with E-state index in [4.69, 9.17) is 0 Å². The van der Waals surface area contributed by atoms with Crippen LogP contribution in [0.1, 0.15) is 29.2 Å². The van der Waals surface area contributed by atoms with E-state index in [9.17, 15) is 18.3 Å². The van der Waals surface area contributed by atoms with Gasteiger partial charge in [-0.25, -0.2) is 0 Å². The highest BCUT2D eigenvalue weighted by Crippen LogP contribution is 2.33. The van der Waals surface area contributed by atoms with E-state index in [1.807, 2.05) is 0 Å². The van der Waals surface area contributed by atoms with Crippen molar-refractivity contribution in [1.82, 2.24) is 5.43 Å². The summed E-state index contributed by atoms with van der Waals surface area (Å²) in [6.45, 7) is 0. The number of benzene rings is 2. The highest BCUT2D eigenvalue weighted by Gasteiger charge is 2.31. The van der Waals surface area contributed by atoms with Gasteiger partial charge in [0.05, 0.1) is 17.3 Å². The van der Waals surface area contributed by atoms with Gasteiger partial charge in [0.2, 0.25) is 0 Å². The predicted octanol–water partition coefficient (Wildman–Crippen LogP) is 3.85. The fourth-order valence-electron chi connectivity index (χ4n) is 2.46. The molecule has 1 unspecified atom stereocenters. The molecule has 1 aliphatic heterocycles. The van der Waals surface area contributed by atoms with Gasteiger partial charge in [0, 0.05) is 12.0 Å². The zero-order chi connectivity index (χ0) is 15.7. The number of rotatable bonds is 2. The Morgan fingerprint density at radius 1 is 1.09 bits per heavy atom. The lowest BCUT2D eigenvalue weighted by atomic mass is 9.97. The third-order valence-electron chi connectivity index (χ3n) is 3.59. The van der Waals surface area contributed by atoms with Crippen molar-refractivity contribution in [2.24, 2.45) is 5.10 Å². The van der Waals surface area contributed by atoms with E-state index in [-0.39, 0.29) is 11.8 Å². The van der Waals surface area contributed by atoms with Gasteiger partial charge in [0.15, 0.2) is 0 Å². The molecule has 0 saturated carbocycles. The van der Waals surface area contributed by atoms with Crippen molar-refractivity contribution in [3.05, 3.63) is 65.2 Å². The monoisotopic (exact) mass is 306 g/mol. The molecule has 3 nitrogen and oxygen atoms in total. The normalized spacial score (nSPS) is 18.0. The van der Waals surface area contributed by atoms with Crippen LogP contribution in [0.2, 0.25) is 0 Å².